The van der Waals surface area contributed by atoms with Crippen molar-refractivity contribution in [2.45, 2.75) is 65.2 Å². The molecule has 0 aliphatic carbocycles. The van der Waals surface area contributed by atoms with Gasteiger partial charge >= 0.3 is 0 Å². The Morgan fingerprint density at radius 1 is 0.773 bits per heavy atom. The summed E-state index contributed by atoms with van der Waals surface area (Å²) >= 11 is 7.13. The van der Waals surface area contributed by atoms with Crippen LogP contribution in [-0.4, -0.2) is 13.2 Å². The second kappa shape index (κ2) is 12.2. The molecule has 1 aromatic carbocycles. The van der Waals surface area contributed by atoms with Crippen LogP contribution in [0.5, 0.6) is 11.5 Å². The maximum atomic E-state index is 5.97. The Morgan fingerprint density at radius 3 is 1.95 bits per heavy atom. The summed E-state index contributed by atoms with van der Waals surface area (Å²) in [5, 5.41) is 0. The molecule has 0 aliphatic heterocycles. The van der Waals surface area contributed by atoms with E-state index in [0.29, 0.717) is 0 Å². The fourth-order valence-electron chi connectivity index (χ4n) is 2.18. The van der Waals surface area contributed by atoms with Crippen molar-refractivity contribution in [1.82, 2.24) is 0 Å². The van der Waals surface area contributed by atoms with Crippen LogP contribution in [0.4, 0.5) is 0 Å². The molecule has 4 heteroatoms. The molecule has 1 aromatic rings. The zero-order chi connectivity index (χ0) is 16.2. The van der Waals surface area contributed by atoms with E-state index in [9.17, 15) is 0 Å². The topological polar surface area (TPSA) is 18.5 Å². The normalized spacial score (nSPS) is 10.7. The maximum absolute atomic E-state index is 5.97. The van der Waals surface area contributed by atoms with Gasteiger partial charge in [0, 0.05) is 4.47 Å². The van der Waals surface area contributed by atoms with Gasteiger partial charge < -0.3 is 9.47 Å². The number of hydrogen-bond acceptors (Lipinski definition) is 2. The minimum absolute atomic E-state index is 0.737. The lowest BCUT2D eigenvalue weighted by atomic mass is 10.2. The van der Waals surface area contributed by atoms with Gasteiger partial charge in [0.2, 0.25) is 0 Å². The van der Waals surface area contributed by atoms with E-state index in [-0.39, 0.29) is 0 Å². The van der Waals surface area contributed by atoms with E-state index in [1.807, 2.05) is 12.1 Å². The van der Waals surface area contributed by atoms with Crippen molar-refractivity contribution in [3.05, 3.63) is 21.1 Å². The number of rotatable bonds is 12. The van der Waals surface area contributed by atoms with E-state index >= 15 is 0 Å². The largest absolute Gasteiger partial charge is 0.490 e. The fraction of sp³-hybridized carbons (Fsp3) is 0.667. The zero-order valence-electron chi connectivity index (χ0n) is 13.8. The van der Waals surface area contributed by atoms with Gasteiger partial charge in [-0.1, -0.05) is 52.4 Å². The molecule has 0 fully saturated rings. The highest BCUT2D eigenvalue weighted by Gasteiger charge is 2.13. The molecule has 0 atom stereocenters. The smallest absolute Gasteiger partial charge is 0.176 e. The highest BCUT2D eigenvalue weighted by molar-refractivity contribution is 9.13. The lowest BCUT2D eigenvalue weighted by molar-refractivity contribution is 0.257. The highest BCUT2D eigenvalue weighted by atomic mass is 79.9. The second-order valence-electron chi connectivity index (χ2n) is 5.51. The van der Waals surface area contributed by atoms with Crippen LogP contribution in [0.1, 0.15) is 65.2 Å². The van der Waals surface area contributed by atoms with Crippen LogP contribution in [0, 0.1) is 0 Å². The third-order valence-electron chi connectivity index (χ3n) is 3.51. The molecule has 0 unspecified atom stereocenters. The molecule has 0 saturated carbocycles. The summed E-state index contributed by atoms with van der Waals surface area (Å²) in [6, 6.07) is 3.98. The van der Waals surface area contributed by atoms with Crippen LogP contribution in [0.2, 0.25) is 0 Å². The Hall–Kier alpha value is -0.220. The molecule has 126 valence electrons. The average molecular weight is 436 g/mol. The summed E-state index contributed by atoms with van der Waals surface area (Å²) in [5.74, 6) is 1.66. The van der Waals surface area contributed by atoms with Gasteiger partial charge in [0.1, 0.15) is 0 Å². The van der Waals surface area contributed by atoms with E-state index in [0.717, 1.165) is 46.5 Å². The molecule has 0 N–H and O–H groups in total. The number of ether oxygens (including phenoxy) is 2. The third-order valence-corrected chi connectivity index (χ3v) is 5.49. The first-order valence-electron chi connectivity index (χ1n) is 8.44. The minimum atomic E-state index is 0.737. The van der Waals surface area contributed by atoms with Gasteiger partial charge in [0.25, 0.3) is 0 Å². The molecule has 0 aliphatic rings. The van der Waals surface area contributed by atoms with Gasteiger partial charge in [0.15, 0.2) is 11.5 Å². The Morgan fingerprint density at radius 2 is 1.36 bits per heavy atom. The van der Waals surface area contributed by atoms with E-state index in [1.54, 1.807) is 0 Å². The summed E-state index contributed by atoms with van der Waals surface area (Å²) in [6.45, 7) is 5.93. The van der Waals surface area contributed by atoms with Gasteiger partial charge in [-0.05, 0) is 56.8 Å². The fourth-order valence-corrected chi connectivity index (χ4v) is 2.93. The van der Waals surface area contributed by atoms with E-state index < -0.39 is 0 Å². The molecular weight excluding hydrogens is 408 g/mol. The van der Waals surface area contributed by atoms with E-state index in [1.165, 1.54) is 38.5 Å². The van der Waals surface area contributed by atoms with Crippen molar-refractivity contribution >= 4 is 31.9 Å². The van der Waals surface area contributed by atoms with Gasteiger partial charge in [-0.3, -0.25) is 0 Å². The lowest BCUT2D eigenvalue weighted by Gasteiger charge is -2.15. The maximum Gasteiger partial charge on any atom is 0.176 e. The number of hydrogen-bond donors (Lipinski definition) is 0. The Kier molecular flexibility index (Phi) is 11.0. The molecule has 0 radical (unpaired) electrons. The van der Waals surface area contributed by atoms with Crippen molar-refractivity contribution in [2.24, 2.45) is 0 Å². The molecule has 0 amide bonds. The second-order valence-corrected chi connectivity index (χ2v) is 7.15. The molecule has 1 rings (SSSR count). The van der Waals surface area contributed by atoms with Gasteiger partial charge in [-0.25, -0.2) is 0 Å². The minimum Gasteiger partial charge on any atom is -0.490 e. The summed E-state index contributed by atoms with van der Waals surface area (Å²) < 4.78 is 13.8. The van der Waals surface area contributed by atoms with Gasteiger partial charge in [-0.2, -0.15) is 0 Å². The first-order chi connectivity index (χ1) is 10.7. The van der Waals surface area contributed by atoms with Crippen LogP contribution >= 0.6 is 31.9 Å². The molecule has 0 aromatic heterocycles. The number of benzene rings is 1. The van der Waals surface area contributed by atoms with Crippen LogP contribution in [0.15, 0.2) is 21.1 Å². The monoisotopic (exact) mass is 434 g/mol. The van der Waals surface area contributed by atoms with Crippen molar-refractivity contribution in [2.75, 3.05) is 13.2 Å². The first-order valence-corrected chi connectivity index (χ1v) is 10.0. The number of unbranched alkanes of at least 4 members (excludes halogenated alkanes) is 6. The van der Waals surface area contributed by atoms with Crippen molar-refractivity contribution < 1.29 is 9.47 Å². The summed E-state index contributed by atoms with van der Waals surface area (Å²) in [4.78, 5) is 0. The lowest BCUT2D eigenvalue weighted by Crippen LogP contribution is -2.03. The molecule has 22 heavy (non-hydrogen) atoms. The summed E-state index contributed by atoms with van der Waals surface area (Å²) in [7, 11) is 0. The van der Waals surface area contributed by atoms with Crippen LogP contribution < -0.4 is 9.47 Å². The summed E-state index contributed by atoms with van der Waals surface area (Å²) in [5.41, 5.74) is 0. The molecule has 2 nitrogen and oxygen atoms in total. The van der Waals surface area contributed by atoms with Crippen molar-refractivity contribution in [1.29, 1.82) is 0 Å². The third kappa shape index (κ3) is 7.36. The molecule has 0 heterocycles. The molecular formula is C18H28Br2O2. The van der Waals surface area contributed by atoms with Crippen LogP contribution in [0.3, 0.4) is 0 Å². The molecule has 0 spiro atoms. The van der Waals surface area contributed by atoms with E-state index in [4.69, 9.17) is 9.47 Å². The predicted octanol–water partition coefficient (Wildman–Crippen LogP) is 7.13. The SMILES string of the molecule is CCCCCCOc1ccc(Br)c(Br)c1OCCCCCC. The van der Waals surface area contributed by atoms with Gasteiger partial charge in [0.05, 0.1) is 17.7 Å². The Balaban J connectivity index is 2.53. The van der Waals surface area contributed by atoms with Crippen LogP contribution in [0.25, 0.3) is 0 Å². The Labute approximate surface area is 152 Å². The number of halogens is 2. The quantitative estimate of drug-likeness (QED) is 0.325. The van der Waals surface area contributed by atoms with Gasteiger partial charge in [-0.15, -0.1) is 0 Å². The molecule has 0 bridgehead atoms. The average Bonchev–Trinajstić information content (AvgIpc) is 2.52. The van der Waals surface area contributed by atoms with E-state index in [2.05, 4.69) is 45.7 Å². The van der Waals surface area contributed by atoms with Crippen molar-refractivity contribution in [3.63, 3.8) is 0 Å². The first kappa shape index (κ1) is 19.8. The van der Waals surface area contributed by atoms with Crippen LogP contribution in [-0.2, 0) is 0 Å². The predicted molar refractivity (Wildman–Crippen MR) is 101 cm³/mol. The Bertz CT molecular complexity index is 422. The van der Waals surface area contributed by atoms with Crippen molar-refractivity contribution in [3.8, 4) is 11.5 Å². The highest BCUT2D eigenvalue weighted by Crippen LogP contribution is 2.40. The zero-order valence-corrected chi connectivity index (χ0v) is 17.0. The summed E-state index contributed by atoms with van der Waals surface area (Å²) in [6.07, 6.45) is 9.65. The molecule has 0 saturated heterocycles. The standard InChI is InChI=1S/C18H28Br2O2/c1-3-5-7-9-13-21-16-12-11-15(19)17(20)18(16)22-14-10-8-6-4-2/h11-12H,3-10,13-14H2,1-2H3.